The molecule has 2 heterocycles. The lowest BCUT2D eigenvalue weighted by Crippen LogP contribution is -2.31. The molecule has 1 aliphatic rings. The third-order valence-corrected chi connectivity index (χ3v) is 4.79. The van der Waals surface area contributed by atoms with Crippen LogP contribution in [0.5, 0.6) is 0 Å². The summed E-state index contributed by atoms with van der Waals surface area (Å²) in [5.74, 6) is -1.04. The molecular formula is C19H17FN2O2S. The number of benzene rings is 1. The molecule has 0 saturated heterocycles. The van der Waals surface area contributed by atoms with Crippen LogP contribution >= 0.6 is 11.8 Å². The predicted molar refractivity (Wildman–Crippen MR) is 95.8 cm³/mol. The number of carbonyl (C=O) groups excluding carboxylic acids is 2. The molecule has 4 nitrogen and oxygen atoms in total. The molecule has 3 rings (SSSR count). The normalized spacial score (nSPS) is 14.8. The molecular weight excluding hydrogens is 339 g/mol. The molecule has 0 fully saturated rings. The highest BCUT2D eigenvalue weighted by molar-refractivity contribution is 8.04. The Bertz CT molecular complexity index is 832. The minimum atomic E-state index is -0.382. The van der Waals surface area contributed by atoms with Crippen molar-refractivity contribution < 1.29 is 14.0 Å². The monoisotopic (exact) mass is 356 g/mol. The zero-order valence-electron chi connectivity index (χ0n) is 13.9. The van der Waals surface area contributed by atoms with E-state index in [4.69, 9.17) is 0 Å². The lowest BCUT2D eigenvalue weighted by Gasteiger charge is -2.15. The lowest BCUT2D eigenvalue weighted by atomic mass is 10.1. The van der Waals surface area contributed by atoms with Gasteiger partial charge in [-0.05, 0) is 35.4 Å². The van der Waals surface area contributed by atoms with Crippen LogP contribution in [0.15, 0.2) is 53.7 Å². The van der Waals surface area contributed by atoms with Gasteiger partial charge >= 0.3 is 0 Å². The second kappa shape index (κ2) is 7.19. The van der Waals surface area contributed by atoms with Gasteiger partial charge in [-0.25, -0.2) is 4.39 Å². The summed E-state index contributed by atoms with van der Waals surface area (Å²) in [6.45, 7) is 4.11. The van der Waals surface area contributed by atoms with E-state index in [1.165, 1.54) is 40.9 Å². The molecule has 0 radical (unpaired) electrons. The summed E-state index contributed by atoms with van der Waals surface area (Å²) in [6.07, 6.45) is 3.25. The number of imide groups is 1. The summed E-state index contributed by atoms with van der Waals surface area (Å²) in [4.78, 5) is 31.4. The second-order valence-electron chi connectivity index (χ2n) is 5.93. The Labute approximate surface area is 149 Å². The summed E-state index contributed by atoms with van der Waals surface area (Å²) in [5, 5.41) is 0.142. The first kappa shape index (κ1) is 17.4. The van der Waals surface area contributed by atoms with E-state index in [1.54, 1.807) is 24.5 Å². The molecule has 1 aliphatic heterocycles. The molecule has 0 N–H and O–H groups in total. The van der Waals surface area contributed by atoms with E-state index in [0.29, 0.717) is 16.0 Å². The second-order valence-corrected chi connectivity index (χ2v) is 7.52. The highest BCUT2D eigenvalue weighted by atomic mass is 32.2. The van der Waals surface area contributed by atoms with Gasteiger partial charge in [0.2, 0.25) is 0 Å². The number of carbonyl (C=O) groups is 2. The van der Waals surface area contributed by atoms with Gasteiger partial charge < -0.3 is 0 Å². The van der Waals surface area contributed by atoms with Gasteiger partial charge in [-0.1, -0.05) is 26.0 Å². The number of hydrogen-bond acceptors (Lipinski definition) is 4. The number of thioether (sulfide) groups is 1. The topological polar surface area (TPSA) is 50.3 Å². The molecule has 0 spiro atoms. The van der Waals surface area contributed by atoms with Gasteiger partial charge in [-0.15, -0.1) is 11.8 Å². The van der Waals surface area contributed by atoms with Crippen LogP contribution < -0.4 is 0 Å². The summed E-state index contributed by atoms with van der Waals surface area (Å²) in [5.41, 5.74) is 1.73. The number of pyridine rings is 1. The Kier molecular flexibility index (Phi) is 4.99. The quantitative estimate of drug-likeness (QED) is 0.768. The molecule has 0 aliphatic carbocycles. The molecule has 0 bridgehead atoms. The van der Waals surface area contributed by atoms with Gasteiger partial charge in [0.1, 0.15) is 5.82 Å². The molecule has 0 saturated carbocycles. The molecule has 2 aromatic rings. The zero-order chi connectivity index (χ0) is 18.0. The van der Waals surface area contributed by atoms with E-state index < -0.39 is 0 Å². The number of amides is 2. The molecule has 1 aromatic carbocycles. The molecule has 6 heteroatoms. The van der Waals surface area contributed by atoms with E-state index in [-0.39, 0.29) is 29.4 Å². The van der Waals surface area contributed by atoms with Crippen molar-refractivity contribution in [3.63, 3.8) is 0 Å². The van der Waals surface area contributed by atoms with Crippen LogP contribution in [-0.2, 0) is 16.1 Å². The van der Waals surface area contributed by atoms with Crippen molar-refractivity contribution in [3.05, 3.63) is 70.6 Å². The Hall–Kier alpha value is -2.47. The van der Waals surface area contributed by atoms with Crippen molar-refractivity contribution in [2.24, 2.45) is 0 Å². The lowest BCUT2D eigenvalue weighted by molar-refractivity contribution is -0.137. The van der Waals surface area contributed by atoms with Crippen molar-refractivity contribution in [2.75, 3.05) is 0 Å². The van der Waals surface area contributed by atoms with Gasteiger partial charge in [-0.3, -0.25) is 19.5 Å². The number of nitrogens with zero attached hydrogens (tertiary/aromatic N) is 2. The van der Waals surface area contributed by atoms with Crippen molar-refractivity contribution in [1.29, 1.82) is 0 Å². The number of rotatable bonds is 5. The number of hydrogen-bond donors (Lipinski definition) is 0. The maximum atomic E-state index is 13.2. The predicted octanol–water partition coefficient (Wildman–Crippen LogP) is 3.64. The van der Waals surface area contributed by atoms with Crippen LogP contribution in [0.1, 0.15) is 25.0 Å². The fraction of sp³-hybridized carbons (Fsp3) is 0.211. The summed E-state index contributed by atoms with van der Waals surface area (Å²) in [6, 6.07) is 9.20. The smallest absolute Gasteiger partial charge is 0.268 e. The van der Waals surface area contributed by atoms with Crippen molar-refractivity contribution in [3.8, 4) is 0 Å². The Morgan fingerprint density at radius 3 is 2.28 bits per heavy atom. The molecule has 128 valence electrons. The van der Waals surface area contributed by atoms with E-state index in [9.17, 15) is 14.0 Å². The van der Waals surface area contributed by atoms with Gasteiger partial charge in [0.05, 0.1) is 17.0 Å². The van der Waals surface area contributed by atoms with E-state index in [2.05, 4.69) is 4.98 Å². The van der Waals surface area contributed by atoms with Gasteiger partial charge in [0.15, 0.2) is 0 Å². The van der Waals surface area contributed by atoms with Crippen LogP contribution in [0.3, 0.4) is 0 Å². The average Bonchev–Trinajstić information content (AvgIpc) is 2.81. The Balaban J connectivity index is 1.99. The van der Waals surface area contributed by atoms with E-state index >= 15 is 0 Å². The van der Waals surface area contributed by atoms with Crippen molar-refractivity contribution in [1.82, 2.24) is 9.88 Å². The SMILES string of the molecule is CC(C)SC1=C(c2ccc(F)cc2)C(=O)N(Cc2ccncc2)C1=O. The maximum Gasteiger partial charge on any atom is 0.268 e. The van der Waals surface area contributed by atoms with Gasteiger partial charge in [-0.2, -0.15) is 0 Å². The Morgan fingerprint density at radius 2 is 1.68 bits per heavy atom. The first-order valence-corrected chi connectivity index (χ1v) is 8.77. The molecule has 1 aromatic heterocycles. The van der Waals surface area contributed by atoms with Crippen LogP contribution in [0.4, 0.5) is 4.39 Å². The number of aromatic nitrogens is 1. The highest BCUT2D eigenvalue weighted by Crippen LogP contribution is 2.38. The first-order valence-electron chi connectivity index (χ1n) is 7.89. The largest absolute Gasteiger partial charge is 0.269 e. The zero-order valence-corrected chi connectivity index (χ0v) is 14.7. The van der Waals surface area contributed by atoms with Crippen LogP contribution in [0.25, 0.3) is 5.57 Å². The maximum absolute atomic E-state index is 13.2. The van der Waals surface area contributed by atoms with Crippen LogP contribution in [-0.4, -0.2) is 26.9 Å². The molecule has 25 heavy (non-hydrogen) atoms. The molecule has 2 amide bonds. The van der Waals surface area contributed by atoms with Gasteiger partial charge in [0.25, 0.3) is 11.8 Å². The standard InChI is InChI=1S/C19H17FN2O2S/c1-12(2)25-17-16(14-3-5-15(20)6-4-14)18(23)22(19(17)24)11-13-7-9-21-10-8-13/h3-10,12H,11H2,1-2H3. The summed E-state index contributed by atoms with van der Waals surface area (Å²) >= 11 is 1.36. The Morgan fingerprint density at radius 1 is 1.04 bits per heavy atom. The van der Waals surface area contributed by atoms with E-state index in [0.717, 1.165) is 5.56 Å². The summed E-state index contributed by atoms with van der Waals surface area (Å²) < 4.78 is 13.2. The molecule has 0 atom stereocenters. The fourth-order valence-corrected chi connectivity index (χ4v) is 3.59. The van der Waals surface area contributed by atoms with Crippen LogP contribution in [0, 0.1) is 5.82 Å². The average molecular weight is 356 g/mol. The van der Waals surface area contributed by atoms with Crippen molar-refractivity contribution >= 4 is 29.1 Å². The number of halogens is 1. The van der Waals surface area contributed by atoms with Crippen molar-refractivity contribution in [2.45, 2.75) is 25.6 Å². The van der Waals surface area contributed by atoms with E-state index in [1.807, 2.05) is 13.8 Å². The highest BCUT2D eigenvalue weighted by Gasteiger charge is 2.39. The minimum Gasteiger partial charge on any atom is -0.269 e. The summed E-state index contributed by atoms with van der Waals surface area (Å²) in [7, 11) is 0. The minimum absolute atomic E-state index is 0.142. The third kappa shape index (κ3) is 3.64. The first-order chi connectivity index (χ1) is 12.0. The van der Waals surface area contributed by atoms with Gasteiger partial charge in [0, 0.05) is 17.6 Å². The third-order valence-electron chi connectivity index (χ3n) is 3.70. The fourth-order valence-electron chi connectivity index (χ4n) is 2.58. The molecule has 0 unspecified atom stereocenters. The van der Waals surface area contributed by atoms with Crippen LogP contribution in [0.2, 0.25) is 0 Å².